The van der Waals surface area contributed by atoms with Crippen LogP contribution in [0.1, 0.15) is 16.7 Å². The van der Waals surface area contributed by atoms with Gasteiger partial charge in [0.1, 0.15) is 0 Å². The second kappa shape index (κ2) is 5.89. The summed E-state index contributed by atoms with van der Waals surface area (Å²) in [6, 6.07) is 8.25. The van der Waals surface area contributed by atoms with Crippen molar-refractivity contribution in [1.29, 1.82) is 5.26 Å². The molecule has 0 atom stereocenters. The Morgan fingerprint density at radius 1 is 1.43 bits per heavy atom. The van der Waals surface area contributed by atoms with E-state index >= 15 is 0 Å². The first-order valence-corrected chi connectivity index (χ1v) is 6.75. The highest BCUT2D eigenvalue weighted by Gasteiger charge is 2.14. The topological polar surface area (TPSA) is 88.9 Å². The van der Waals surface area contributed by atoms with Crippen LogP contribution < -0.4 is 5.56 Å². The van der Waals surface area contributed by atoms with Gasteiger partial charge in [0.05, 0.1) is 29.3 Å². The van der Waals surface area contributed by atoms with Crippen LogP contribution in [-0.2, 0) is 6.54 Å². The Hall–Kier alpha value is -2.46. The highest BCUT2D eigenvalue weighted by atomic mass is 79.9. The molecule has 0 fully saturated rings. The molecule has 21 heavy (non-hydrogen) atoms. The first-order valence-electron chi connectivity index (χ1n) is 5.96. The standard InChI is InChI=1S/C14H10BrN3O3/c1-9-4-14(19)17(8-13(9)18(20)21)7-11-5-10(6-16)2-3-12(11)15/h2-5,8H,7H2,1H3. The molecule has 2 rings (SSSR count). The van der Waals surface area contributed by atoms with E-state index in [2.05, 4.69) is 15.9 Å². The van der Waals surface area contributed by atoms with Crippen molar-refractivity contribution in [2.45, 2.75) is 13.5 Å². The van der Waals surface area contributed by atoms with Crippen molar-refractivity contribution in [2.75, 3.05) is 0 Å². The number of aryl methyl sites for hydroxylation is 1. The maximum atomic E-state index is 11.9. The van der Waals surface area contributed by atoms with Gasteiger partial charge in [-0.1, -0.05) is 15.9 Å². The molecule has 1 aromatic heterocycles. The first kappa shape index (κ1) is 14.9. The lowest BCUT2D eigenvalue weighted by Crippen LogP contribution is -2.20. The molecular formula is C14H10BrN3O3. The van der Waals surface area contributed by atoms with E-state index in [1.807, 2.05) is 6.07 Å². The lowest BCUT2D eigenvalue weighted by atomic mass is 10.1. The number of aromatic nitrogens is 1. The summed E-state index contributed by atoms with van der Waals surface area (Å²) >= 11 is 3.34. The van der Waals surface area contributed by atoms with Crippen molar-refractivity contribution in [3.8, 4) is 6.07 Å². The molecule has 0 amide bonds. The van der Waals surface area contributed by atoms with Crippen LogP contribution in [-0.4, -0.2) is 9.49 Å². The molecule has 6 nitrogen and oxygen atoms in total. The molecular weight excluding hydrogens is 338 g/mol. The molecule has 7 heteroatoms. The van der Waals surface area contributed by atoms with E-state index < -0.39 is 4.92 Å². The SMILES string of the molecule is Cc1cc(=O)n(Cc2cc(C#N)ccc2Br)cc1[N+](=O)[O-]. The number of hydrogen-bond acceptors (Lipinski definition) is 4. The molecule has 0 bridgehead atoms. The first-order chi connectivity index (χ1) is 9.92. The van der Waals surface area contributed by atoms with Crippen LogP contribution >= 0.6 is 15.9 Å². The van der Waals surface area contributed by atoms with Crippen LogP contribution in [0.5, 0.6) is 0 Å². The van der Waals surface area contributed by atoms with Gasteiger partial charge < -0.3 is 4.57 Å². The van der Waals surface area contributed by atoms with Gasteiger partial charge in [0.2, 0.25) is 0 Å². The summed E-state index contributed by atoms with van der Waals surface area (Å²) in [5, 5.41) is 19.8. The van der Waals surface area contributed by atoms with Crippen molar-refractivity contribution < 1.29 is 4.92 Å². The molecule has 0 aliphatic heterocycles. The van der Waals surface area contributed by atoms with Crippen LogP contribution in [0, 0.1) is 28.4 Å². The Morgan fingerprint density at radius 3 is 2.76 bits per heavy atom. The lowest BCUT2D eigenvalue weighted by molar-refractivity contribution is -0.385. The molecule has 0 aliphatic rings. The predicted molar refractivity (Wildman–Crippen MR) is 80.1 cm³/mol. The van der Waals surface area contributed by atoms with Gasteiger partial charge in [0.25, 0.3) is 11.2 Å². The van der Waals surface area contributed by atoms with Gasteiger partial charge in [0, 0.05) is 16.1 Å². The van der Waals surface area contributed by atoms with Crippen molar-refractivity contribution in [1.82, 2.24) is 4.57 Å². The molecule has 0 spiro atoms. The lowest BCUT2D eigenvalue weighted by Gasteiger charge is -2.09. The number of nitriles is 1. The molecule has 0 unspecified atom stereocenters. The van der Waals surface area contributed by atoms with E-state index in [0.717, 1.165) is 4.47 Å². The number of nitrogens with zero attached hydrogens (tertiary/aromatic N) is 3. The summed E-state index contributed by atoms with van der Waals surface area (Å²) in [7, 11) is 0. The zero-order chi connectivity index (χ0) is 15.6. The molecule has 0 saturated carbocycles. The van der Waals surface area contributed by atoms with E-state index in [-0.39, 0.29) is 17.8 Å². The zero-order valence-electron chi connectivity index (χ0n) is 11.0. The van der Waals surface area contributed by atoms with E-state index in [4.69, 9.17) is 5.26 Å². The minimum atomic E-state index is -0.522. The summed E-state index contributed by atoms with van der Waals surface area (Å²) in [5.41, 5.74) is 1.05. The summed E-state index contributed by atoms with van der Waals surface area (Å²) in [6.07, 6.45) is 1.23. The number of benzene rings is 1. The van der Waals surface area contributed by atoms with Crippen molar-refractivity contribution >= 4 is 21.6 Å². The molecule has 0 saturated heterocycles. The van der Waals surface area contributed by atoms with Crippen molar-refractivity contribution in [3.05, 3.63) is 72.1 Å². The normalized spacial score (nSPS) is 10.1. The van der Waals surface area contributed by atoms with E-state index in [1.54, 1.807) is 18.2 Å². The van der Waals surface area contributed by atoms with Crippen molar-refractivity contribution in [3.63, 3.8) is 0 Å². The highest BCUT2D eigenvalue weighted by molar-refractivity contribution is 9.10. The smallest absolute Gasteiger partial charge is 0.288 e. The largest absolute Gasteiger partial charge is 0.304 e. The third-order valence-electron chi connectivity index (χ3n) is 3.02. The Morgan fingerprint density at radius 2 is 2.14 bits per heavy atom. The number of halogens is 1. The van der Waals surface area contributed by atoms with E-state index in [9.17, 15) is 14.9 Å². The van der Waals surface area contributed by atoms with Crippen LogP contribution in [0.4, 0.5) is 5.69 Å². The van der Waals surface area contributed by atoms with E-state index in [0.29, 0.717) is 16.7 Å². The molecule has 0 aliphatic carbocycles. The number of nitro groups is 1. The van der Waals surface area contributed by atoms with Gasteiger partial charge >= 0.3 is 0 Å². The maximum Gasteiger partial charge on any atom is 0.288 e. The Labute approximate surface area is 128 Å². The van der Waals surface area contributed by atoms with Gasteiger partial charge in [-0.3, -0.25) is 14.9 Å². The van der Waals surface area contributed by atoms with Gasteiger partial charge in [0.15, 0.2) is 0 Å². The van der Waals surface area contributed by atoms with Gasteiger partial charge in [-0.05, 0) is 30.7 Å². The molecule has 1 aromatic carbocycles. The summed E-state index contributed by atoms with van der Waals surface area (Å²) in [4.78, 5) is 22.4. The fraction of sp³-hybridized carbons (Fsp3) is 0.143. The molecule has 0 radical (unpaired) electrons. The number of hydrogen-bond donors (Lipinski definition) is 0. The second-order valence-electron chi connectivity index (χ2n) is 4.48. The van der Waals surface area contributed by atoms with Crippen LogP contribution in [0.2, 0.25) is 0 Å². The third kappa shape index (κ3) is 3.17. The van der Waals surface area contributed by atoms with Crippen molar-refractivity contribution in [2.24, 2.45) is 0 Å². The van der Waals surface area contributed by atoms with Crippen LogP contribution in [0.3, 0.4) is 0 Å². The number of pyridine rings is 1. The minimum absolute atomic E-state index is 0.109. The molecule has 1 heterocycles. The average molecular weight is 348 g/mol. The average Bonchev–Trinajstić information content (AvgIpc) is 2.43. The Kier molecular flexibility index (Phi) is 4.19. The van der Waals surface area contributed by atoms with Gasteiger partial charge in [-0.25, -0.2) is 0 Å². The summed E-state index contributed by atoms with van der Waals surface area (Å²) < 4.78 is 1.99. The molecule has 2 aromatic rings. The number of rotatable bonds is 3. The monoisotopic (exact) mass is 347 g/mol. The fourth-order valence-corrected chi connectivity index (χ4v) is 2.29. The predicted octanol–water partition coefficient (Wildman–Crippen LogP) is 2.75. The molecule has 106 valence electrons. The third-order valence-corrected chi connectivity index (χ3v) is 3.79. The molecule has 0 N–H and O–H groups in total. The Balaban J connectivity index is 2.50. The summed E-state index contributed by atoms with van der Waals surface area (Å²) in [6.45, 7) is 1.67. The summed E-state index contributed by atoms with van der Waals surface area (Å²) in [5.74, 6) is 0. The zero-order valence-corrected chi connectivity index (χ0v) is 12.6. The minimum Gasteiger partial charge on any atom is -0.304 e. The quantitative estimate of drug-likeness (QED) is 0.630. The highest BCUT2D eigenvalue weighted by Crippen LogP contribution is 2.20. The van der Waals surface area contributed by atoms with Gasteiger partial charge in [-0.2, -0.15) is 5.26 Å². The maximum absolute atomic E-state index is 11.9. The van der Waals surface area contributed by atoms with Crippen LogP contribution in [0.25, 0.3) is 0 Å². The van der Waals surface area contributed by atoms with Gasteiger partial charge in [-0.15, -0.1) is 0 Å². The second-order valence-corrected chi connectivity index (χ2v) is 5.34. The van der Waals surface area contributed by atoms with Crippen LogP contribution in [0.15, 0.2) is 39.7 Å². The Bertz CT molecular complexity index is 821. The van der Waals surface area contributed by atoms with E-state index in [1.165, 1.54) is 23.8 Å². The fourth-order valence-electron chi connectivity index (χ4n) is 1.92.